The van der Waals surface area contributed by atoms with E-state index in [1.165, 1.54) is 19.3 Å². The monoisotopic (exact) mass is 263 g/mol. The van der Waals surface area contributed by atoms with Crippen molar-refractivity contribution in [3.63, 3.8) is 0 Å². The minimum atomic E-state index is -0.622. The Bertz CT molecular complexity index is 394. The molecule has 0 aliphatic heterocycles. The number of nitrogens with two attached hydrogens (primary N) is 1. The Morgan fingerprint density at radius 2 is 2.16 bits per heavy atom. The number of ether oxygens (including phenoxy) is 1. The summed E-state index contributed by atoms with van der Waals surface area (Å²) in [6.07, 6.45) is 5.73. The fraction of sp³-hybridized carbons (Fsp3) is 0.625. The molecule has 1 aromatic carbocycles. The van der Waals surface area contributed by atoms with Gasteiger partial charge in [-0.05, 0) is 24.8 Å². The van der Waals surface area contributed by atoms with Crippen molar-refractivity contribution in [1.29, 1.82) is 0 Å². The van der Waals surface area contributed by atoms with Crippen LogP contribution < -0.4 is 5.73 Å². The Morgan fingerprint density at radius 1 is 1.37 bits per heavy atom. The summed E-state index contributed by atoms with van der Waals surface area (Å²) in [5, 5.41) is 10.2. The second-order valence-corrected chi connectivity index (χ2v) is 5.54. The lowest BCUT2D eigenvalue weighted by Crippen LogP contribution is -2.24. The average Bonchev–Trinajstić information content (AvgIpc) is 2.45. The first-order valence-corrected chi connectivity index (χ1v) is 7.34. The lowest BCUT2D eigenvalue weighted by molar-refractivity contribution is -0.0337. The molecule has 19 heavy (non-hydrogen) atoms. The maximum Gasteiger partial charge on any atom is 0.104 e. The highest BCUT2D eigenvalue weighted by atomic mass is 16.5. The first-order valence-electron chi connectivity index (χ1n) is 7.34. The molecular formula is C16H25NO2. The predicted molar refractivity (Wildman–Crippen MR) is 77.8 cm³/mol. The summed E-state index contributed by atoms with van der Waals surface area (Å²) in [5.74, 6) is 0.790. The third kappa shape index (κ3) is 3.95. The SMILES string of the molecule is CCC1CCCC(OCC(O)c2ccccc2N)C1. The number of rotatable bonds is 5. The van der Waals surface area contributed by atoms with Gasteiger partial charge in [0.05, 0.1) is 12.7 Å². The van der Waals surface area contributed by atoms with Gasteiger partial charge in [-0.2, -0.15) is 0 Å². The Hall–Kier alpha value is -1.06. The summed E-state index contributed by atoms with van der Waals surface area (Å²) in [6.45, 7) is 2.59. The van der Waals surface area contributed by atoms with E-state index in [9.17, 15) is 5.11 Å². The third-order valence-corrected chi connectivity index (χ3v) is 4.16. The van der Waals surface area contributed by atoms with E-state index >= 15 is 0 Å². The van der Waals surface area contributed by atoms with Crippen molar-refractivity contribution in [1.82, 2.24) is 0 Å². The molecule has 0 aromatic heterocycles. The maximum atomic E-state index is 10.2. The zero-order chi connectivity index (χ0) is 13.7. The fourth-order valence-corrected chi connectivity index (χ4v) is 2.90. The molecule has 3 atom stereocenters. The highest BCUT2D eigenvalue weighted by Gasteiger charge is 2.22. The molecule has 0 heterocycles. The molecule has 0 spiro atoms. The van der Waals surface area contributed by atoms with Crippen LogP contribution in [-0.2, 0) is 4.74 Å². The minimum Gasteiger partial charge on any atom is -0.398 e. The normalized spacial score (nSPS) is 25.2. The van der Waals surface area contributed by atoms with E-state index in [0.29, 0.717) is 18.4 Å². The number of nitrogen functional groups attached to an aromatic ring is 1. The van der Waals surface area contributed by atoms with Gasteiger partial charge < -0.3 is 15.6 Å². The number of para-hydroxylation sites is 1. The van der Waals surface area contributed by atoms with Crippen LogP contribution in [0.4, 0.5) is 5.69 Å². The van der Waals surface area contributed by atoms with Gasteiger partial charge in [0.1, 0.15) is 6.10 Å². The predicted octanol–water partition coefficient (Wildman–Crippen LogP) is 3.29. The van der Waals surface area contributed by atoms with Crippen LogP contribution in [0.1, 0.15) is 50.7 Å². The Balaban J connectivity index is 1.83. The molecule has 0 amide bonds. The van der Waals surface area contributed by atoms with Crippen LogP contribution in [0, 0.1) is 5.92 Å². The number of aliphatic hydroxyl groups excluding tert-OH is 1. The average molecular weight is 263 g/mol. The number of anilines is 1. The highest BCUT2D eigenvalue weighted by molar-refractivity contribution is 5.47. The Kier molecular flexibility index (Phi) is 5.23. The van der Waals surface area contributed by atoms with Crippen LogP contribution >= 0.6 is 0 Å². The fourth-order valence-electron chi connectivity index (χ4n) is 2.90. The van der Waals surface area contributed by atoms with E-state index in [0.717, 1.165) is 24.3 Å². The van der Waals surface area contributed by atoms with Gasteiger partial charge >= 0.3 is 0 Å². The van der Waals surface area contributed by atoms with Crippen LogP contribution in [0.3, 0.4) is 0 Å². The number of hydrogen-bond acceptors (Lipinski definition) is 3. The van der Waals surface area contributed by atoms with E-state index in [2.05, 4.69) is 6.92 Å². The van der Waals surface area contributed by atoms with Crippen molar-refractivity contribution in [3.05, 3.63) is 29.8 Å². The highest BCUT2D eigenvalue weighted by Crippen LogP contribution is 2.29. The minimum absolute atomic E-state index is 0.304. The lowest BCUT2D eigenvalue weighted by atomic mass is 9.85. The summed E-state index contributed by atoms with van der Waals surface area (Å²) in [6, 6.07) is 7.44. The summed E-state index contributed by atoms with van der Waals surface area (Å²) in [5.41, 5.74) is 7.26. The lowest BCUT2D eigenvalue weighted by Gasteiger charge is -2.29. The van der Waals surface area contributed by atoms with Crippen molar-refractivity contribution in [2.45, 2.75) is 51.2 Å². The molecule has 3 nitrogen and oxygen atoms in total. The van der Waals surface area contributed by atoms with Gasteiger partial charge in [-0.3, -0.25) is 0 Å². The van der Waals surface area contributed by atoms with Gasteiger partial charge in [0.25, 0.3) is 0 Å². The summed E-state index contributed by atoms with van der Waals surface area (Å²) >= 11 is 0. The molecule has 3 unspecified atom stereocenters. The van der Waals surface area contributed by atoms with Crippen molar-refractivity contribution in [2.24, 2.45) is 5.92 Å². The van der Waals surface area contributed by atoms with Crippen molar-refractivity contribution >= 4 is 5.69 Å². The standard InChI is InChI=1S/C16H25NO2/c1-2-12-6-5-7-13(10-12)19-11-16(18)14-8-3-4-9-15(14)17/h3-4,8-9,12-13,16,18H,2,5-7,10-11,17H2,1H3. The van der Waals surface area contributed by atoms with Crippen molar-refractivity contribution < 1.29 is 9.84 Å². The van der Waals surface area contributed by atoms with E-state index < -0.39 is 6.10 Å². The first-order chi connectivity index (χ1) is 9.20. The number of aliphatic hydroxyl groups is 1. The summed E-state index contributed by atoms with van der Waals surface area (Å²) in [7, 11) is 0. The molecular weight excluding hydrogens is 238 g/mol. The second kappa shape index (κ2) is 6.92. The second-order valence-electron chi connectivity index (χ2n) is 5.54. The van der Waals surface area contributed by atoms with Crippen molar-refractivity contribution in [2.75, 3.05) is 12.3 Å². The van der Waals surface area contributed by atoms with E-state index in [4.69, 9.17) is 10.5 Å². The molecule has 1 saturated carbocycles. The zero-order valence-corrected chi connectivity index (χ0v) is 11.7. The topological polar surface area (TPSA) is 55.5 Å². The van der Waals surface area contributed by atoms with Gasteiger partial charge in [-0.15, -0.1) is 0 Å². The molecule has 106 valence electrons. The van der Waals surface area contributed by atoms with Crippen LogP contribution in [0.5, 0.6) is 0 Å². The smallest absolute Gasteiger partial charge is 0.104 e. The van der Waals surface area contributed by atoms with Gasteiger partial charge in [-0.25, -0.2) is 0 Å². The molecule has 3 heteroatoms. The summed E-state index contributed by atoms with van der Waals surface area (Å²) in [4.78, 5) is 0. The number of benzene rings is 1. The molecule has 1 fully saturated rings. The van der Waals surface area contributed by atoms with E-state index in [-0.39, 0.29) is 0 Å². The molecule has 0 radical (unpaired) electrons. The first kappa shape index (κ1) is 14.4. The third-order valence-electron chi connectivity index (χ3n) is 4.16. The van der Waals surface area contributed by atoms with Gasteiger partial charge in [0.15, 0.2) is 0 Å². The zero-order valence-electron chi connectivity index (χ0n) is 11.7. The molecule has 0 saturated heterocycles. The van der Waals surface area contributed by atoms with Crippen LogP contribution in [0.15, 0.2) is 24.3 Å². The Labute approximate surface area is 115 Å². The number of hydrogen-bond donors (Lipinski definition) is 2. The maximum absolute atomic E-state index is 10.2. The molecule has 0 bridgehead atoms. The molecule has 2 rings (SSSR count). The van der Waals surface area contributed by atoms with E-state index in [1.807, 2.05) is 24.3 Å². The van der Waals surface area contributed by atoms with Gasteiger partial charge in [0.2, 0.25) is 0 Å². The van der Waals surface area contributed by atoms with Crippen molar-refractivity contribution in [3.8, 4) is 0 Å². The Morgan fingerprint density at radius 3 is 2.89 bits per heavy atom. The molecule has 1 aromatic rings. The van der Waals surface area contributed by atoms with E-state index in [1.54, 1.807) is 0 Å². The van der Waals surface area contributed by atoms with Gasteiger partial charge in [0, 0.05) is 11.3 Å². The molecule has 1 aliphatic rings. The quantitative estimate of drug-likeness (QED) is 0.801. The molecule has 1 aliphatic carbocycles. The summed E-state index contributed by atoms with van der Waals surface area (Å²) < 4.78 is 5.88. The largest absolute Gasteiger partial charge is 0.398 e. The van der Waals surface area contributed by atoms with Crippen LogP contribution in [0.2, 0.25) is 0 Å². The van der Waals surface area contributed by atoms with Gasteiger partial charge in [-0.1, -0.05) is 44.4 Å². The van der Waals surface area contributed by atoms with Crippen LogP contribution in [0.25, 0.3) is 0 Å². The van der Waals surface area contributed by atoms with Crippen LogP contribution in [-0.4, -0.2) is 17.8 Å². The molecule has 3 N–H and O–H groups in total.